The molecule has 0 amide bonds. The summed E-state index contributed by atoms with van der Waals surface area (Å²) in [5, 5.41) is 12.1. The molecule has 0 aliphatic heterocycles. The minimum absolute atomic E-state index is 0.0470. The zero-order valence-corrected chi connectivity index (χ0v) is 11.3. The molecule has 0 radical (unpaired) electrons. The smallest absolute Gasteiger partial charge is 0.139 e. The summed E-state index contributed by atoms with van der Waals surface area (Å²) >= 11 is 10.8. The van der Waals surface area contributed by atoms with E-state index in [2.05, 4.69) is 15.9 Å². The minimum atomic E-state index is -0.352. The van der Waals surface area contributed by atoms with Crippen LogP contribution < -0.4 is 5.73 Å². The van der Waals surface area contributed by atoms with Crippen LogP contribution in [0.5, 0.6) is 5.75 Å². The molecule has 1 atom stereocenters. The van der Waals surface area contributed by atoms with Gasteiger partial charge in [0, 0.05) is 14.9 Å². The molecule has 2 aromatic rings. The van der Waals surface area contributed by atoms with Crippen molar-refractivity contribution in [3.8, 4) is 5.75 Å². The highest BCUT2D eigenvalue weighted by Gasteiger charge is 2.16. The number of benzene rings is 1. The second-order valence-electron chi connectivity index (χ2n) is 3.32. The number of nitrogens with two attached hydrogens (primary N) is 1. The molecule has 0 spiro atoms. The maximum atomic E-state index is 9.86. The number of thiophene rings is 1. The first-order valence-corrected chi connectivity index (χ1v) is 6.61. The third kappa shape index (κ3) is 2.25. The summed E-state index contributed by atoms with van der Waals surface area (Å²) in [5.41, 5.74) is 6.70. The lowest BCUT2D eigenvalue weighted by Gasteiger charge is -2.13. The van der Waals surface area contributed by atoms with E-state index in [4.69, 9.17) is 17.3 Å². The van der Waals surface area contributed by atoms with Crippen molar-refractivity contribution in [3.63, 3.8) is 0 Å². The molecule has 1 heterocycles. The minimum Gasteiger partial charge on any atom is -0.506 e. The van der Waals surface area contributed by atoms with E-state index in [9.17, 15) is 5.11 Å². The molecule has 0 bridgehead atoms. The van der Waals surface area contributed by atoms with Gasteiger partial charge in [0.1, 0.15) is 5.75 Å². The van der Waals surface area contributed by atoms with Crippen molar-refractivity contribution in [1.29, 1.82) is 0 Å². The Hall–Kier alpha value is -0.550. The van der Waals surface area contributed by atoms with Crippen molar-refractivity contribution < 1.29 is 5.11 Å². The molecule has 0 aliphatic carbocycles. The van der Waals surface area contributed by atoms with Gasteiger partial charge in [0.05, 0.1) is 11.1 Å². The molecule has 84 valence electrons. The number of phenolic OH excluding ortho intramolecular Hbond substituents is 1. The van der Waals surface area contributed by atoms with Crippen molar-refractivity contribution >= 4 is 38.9 Å². The fourth-order valence-electron chi connectivity index (χ4n) is 1.44. The first kappa shape index (κ1) is 11.9. The van der Waals surface area contributed by atoms with Gasteiger partial charge in [-0.25, -0.2) is 0 Å². The van der Waals surface area contributed by atoms with Crippen LogP contribution in [0.2, 0.25) is 5.02 Å². The number of rotatable bonds is 2. The monoisotopic (exact) mass is 317 g/mol. The molecule has 0 saturated carbocycles. The van der Waals surface area contributed by atoms with Crippen LogP contribution in [0.1, 0.15) is 16.5 Å². The van der Waals surface area contributed by atoms with Crippen LogP contribution in [0, 0.1) is 0 Å². The fraction of sp³-hybridized carbons (Fsp3) is 0.0909. The van der Waals surface area contributed by atoms with E-state index in [0.29, 0.717) is 10.6 Å². The second-order valence-corrected chi connectivity index (χ2v) is 5.62. The molecule has 0 fully saturated rings. The predicted octanol–water partition coefficient (Wildman–Crippen LogP) is 3.92. The highest BCUT2D eigenvalue weighted by Crippen LogP contribution is 2.37. The Kier molecular flexibility index (Phi) is 3.54. The normalized spacial score (nSPS) is 12.7. The number of hydrogen-bond acceptors (Lipinski definition) is 3. The van der Waals surface area contributed by atoms with Crippen LogP contribution in [-0.2, 0) is 0 Å². The Bertz CT molecular complexity index is 501. The van der Waals surface area contributed by atoms with E-state index in [1.54, 1.807) is 23.5 Å². The van der Waals surface area contributed by atoms with Crippen molar-refractivity contribution in [2.75, 3.05) is 0 Å². The maximum Gasteiger partial charge on any atom is 0.139 e. The van der Waals surface area contributed by atoms with Gasteiger partial charge in [-0.3, -0.25) is 0 Å². The molecule has 0 saturated heterocycles. The Morgan fingerprint density at radius 3 is 2.81 bits per heavy atom. The average Bonchev–Trinajstić information content (AvgIpc) is 2.75. The van der Waals surface area contributed by atoms with E-state index >= 15 is 0 Å². The summed E-state index contributed by atoms with van der Waals surface area (Å²) in [6.45, 7) is 0. The van der Waals surface area contributed by atoms with E-state index in [-0.39, 0.29) is 11.8 Å². The SMILES string of the molecule is N[C@H](c1cccs1)c1cc(Br)cc(Cl)c1O. The van der Waals surface area contributed by atoms with Gasteiger partial charge in [-0.15, -0.1) is 11.3 Å². The first-order valence-electron chi connectivity index (χ1n) is 4.56. The summed E-state index contributed by atoms with van der Waals surface area (Å²) in [6, 6.07) is 6.93. The Balaban J connectivity index is 2.48. The number of halogens is 2. The Labute approximate surface area is 111 Å². The van der Waals surface area contributed by atoms with Crippen molar-refractivity contribution in [2.45, 2.75) is 6.04 Å². The number of aromatic hydroxyl groups is 1. The highest BCUT2D eigenvalue weighted by atomic mass is 79.9. The van der Waals surface area contributed by atoms with Crippen molar-refractivity contribution in [2.24, 2.45) is 5.73 Å². The lowest BCUT2D eigenvalue weighted by Crippen LogP contribution is -2.10. The summed E-state index contributed by atoms with van der Waals surface area (Å²) in [5.74, 6) is 0.0470. The molecule has 2 rings (SSSR count). The second kappa shape index (κ2) is 4.75. The van der Waals surface area contributed by atoms with Gasteiger partial charge in [0.2, 0.25) is 0 Å². The summed E-state index contributed by atoms with van der Waals surface area (Å²) in [7, 11) is 0. The quantitative estimate of drug-likeness (QED) is 0.881. The summed E-state index contributed by atoms with van der Waals surface area (Å²) in [6.07, 6.45) is 0. The van der Waals surface area contributed by atoms with Crippen LogP contribution in [0.3, 0.4) is 0 Å². The van der Waals surface area contributed by atoms with Gasteiger partial charge >= 0.3 is 0 Å². The molecule has 5 heteroatoms. The van der Waals surface area contributed by atoms with Gasteiger partial charge in [-0.2, -0.15) is 0 Å². The molecule has 1 aromatic heterocycles. The molecule has 2 nitrogen and oxygen atoms in total. The van der Waals surface area contributed by atoms with Crippen molar-refractivity contribution in [3.05, 3.63) is 49.6 Å². The third-order valence-corrected chi connectivity index (χ3v) is 3.94. The predicted molar refractivity (Wildman–Crippen MR) is 71.2 cm³/mol. The van der Waals surface area contributed by atoms with Crippen LogP contribution >= 0.6 is 38.9 Å². The number of hydrogen-bond donors (Lipinski definition) is 2. The standard InChI is InChI=1S/C11H9BrClNOS/c12-6-4-7(11(15)8(13)5-6)10(14)9-2-1-3-16-9/h1-5,10,15H,14H2/t10-/m0/s1. The maximum absolute atomic E-state index is 9.86. The van der Waals surface area contributed by atoms with E-state index in [0.717, 1.165) is 9.35 Å². The Morgan fingerprint density at radius 2 is 2.19 bits per heavy atom. The molecular weight excluding hydrogens is 310 g/mol. The van der Waals surface area contributed by atoms with Gasteiger partial charge in [-0.1, -0.05) is 33.6 Å². The number of phenols is 1. The van der Waals surface area contributed by atoms with Crippen LogP contribution in [0.15, 0.2) is 34.1 Å². The van der Waals surface area contributed by atoms with Crippen LogP contribution in [0.4, 0.5) is 0 Å². The van der Waals surface area contributed by atoms with Gasteiger partial charge in [0.25, 0.3) is 0 Å². The van der Waals surface area contributed by atoms with Gasteiger partial charge in [0.15, 0.2) is 0 Å². The Morgan fingerprint density at radius 1 is 1.44 bits per heavy atom. The largest absolute Gasteiger partial charge is 0.506 e. The molecule has 1 aromatic carbocycles. The lowest BCUT2D eigenvalue weighted by atomic mass is 10.1. The molecule has 16 heavy (non-hydrogen) atoms. The summed E-state index contributed by atoms with van der Waals surface area (Å²) in [4.78, 5) is 0.990. The van der Waals surface area contributed by atoms with E-state index in [1.807, 2.05) is 17.5 Å². The van der Waals surface area contributed by atoms with Crippen LogP contribution in [0.25, 0.3) is 0 Å². The third-order valence-electron chi connectivity index (χ3n) is 2.24. The summed E-state index contributed by atoms with van der Waals surface area (Å²) < 4.78 is 0.803. The van der Waals surface area contributed by atoms with Crippen molar-refractivity contribution in [1.82, 2.24) is 0 Å². The molecule has 0 unspecified atom stereocenters. The molecular formula is C11H9BrClNOS. The van der Waals surface area contributed by atoms with Crippen LogP contribution in [-0.4, -0.2) is 5.11 Å². The zero-order chi connectivity index (χ0) is 11.7. The highest BCUT2D eigenvalue weighted by molar-refractivity contribution is 9.10. The van der Waals surface area contributed by atoms with E-state index in [1.165, 1.54) is 0 Å². The topological polar surface area (TPSA) is 46.2 Å². The average molecular weight is 319 g/mol. The van der Waals surface area contributed by atoms with Gasteiger partial charge < -0.3 is 10.8 Å². The first-order chi connectivity index (χ1) is 7.59. The molecule has 3 N–H and O–H groups in total. The lowest BCUT2D eigenvalue weighted by molar-refractivity contribution is 0.465. The molecule has 0 aliphatic rings. The van der Waals surface area contributed by atoms with E-state index < -0.39 is 0 Å². The fourth-order valence-corrected chi connectivity index (χ4v) is 3.02. The van der Waals surface area contributed by atoms with Gasteiger partial charge in [-0.05, 0) is 23.6 Å². The zero-order valence-electron chi connectivity index (χ0n) is 8.15.